The third-order valence-electron chi connectivity index (χ3n) is 5.27. The first-order chi connectivity index (χ1) is 15.5. The summed E-state index contributed by atoms with van der Waals surface area (Å²) < 4.78 is 19.9. The molecular formula is C30H45FO2. The molecule has 0 bridgehead atoms. The lowest BCUT2D eigenvalue weighted by Gasteiger charge is -2.24. The van der Waals surface area contributed by atoms with Crippen LogP contribution in [-0.2, 0) is 9.53 Å². The van der Waals surface area contributed by atoms with Gasteiger partial charge < -0.3 is 9.53 Å². The predicted octanol–water partition coefficient (Wildman–Crippen LogP) is 8.83. The topological polar surface area (TPSA) is 26.3 Å². The third kappa shape index (κ3) is 12.9. The van der Waals surface area contributed by atoms with E-state index in [0.29, 0.717) is 23.7 Å². The Bertz CT molecular complexity index is 773. The van der Waals surface area contributed by atoms with Gasteiger partial charge in [0.25, 0.3) is 0 Å². The summed E-state index contributed by atoms with van der Waals surface area (Å²) in [7, 11) is 1.69. The van der Waals surface area contributed by atoms with Crippen molar-refractivity contribution >= 4 is 6.29 Å². The first-order valence-electron chi connectivity index (χ1n) is 11.5. The number of allylic oxidation sites excluding steroid dienone is 11. The molecule has 1 unspecified atom stereocenters. The van der Waals surface area contributed by atoms with Crippen LogP contribution in [0.2, 0.25) is 0 Å². The Hall–Kier alpha value is -2.52. The van der Waals surface area contributed by atoms with Gasteiger partial charge in [-0.3, -0.25) is 0 Å². The highest BCUT2D eigenvalue weighted by Crippen LogP contribution is 2.42. The highest BCUT2D eigenvalue weighted by Gasteiger charge is 2.30. The Morgan fingerprint density at radius 1 is 1.21 bits per heavy atom. The van der Waals surface area contributed by atoms with E-state index in [0.717, 1.165) is 48.7 Å². The first-order valence-corrected chi connectivity index (χ1v) is 11.5. The summed E-state index contributed by atoms with van der Waals surface area (Å²) in [6.07, 6.45) is 13.7. The van der Waals surface area contributed by atoms with Crippen LogP contribution in [0.3, 0.4) is 0 Å². The average molecular weight is 457 g/mol. The van der Waals surface area contributed by atoms with E-state index in [9.17, 15) is 4.39 Å². The van der Waals surface area contributed by atoms with Gasteiger partial charge in [0.2, 0.25) is 0 Å². The van der Waals surface area contributed by atoms with Gasteiger partial charge in [0, 0.05) is 24.7 Å². The van der Waals surface area contributed by atoms with Gasteiger partial charge in [-0.15, -0.1) is 6.58 Å². The number of hydrogen-bond donors (Lipinski definition) is 0. The molecule has 0 amide bonds. The SMILES string of the molecule is C=C(/C=C(/CCCOC)C(=C)CC)C(=C)/C(F)=C\C(=C)[C@@]1(C)C=CC(C)C1.C=CC.CC=O. The largest absolute Gasteiger partial charge is 0.385 e. The molecule has 0 heterocycles. The van der Waals surface area contributed by atoms with Gasteiger partial charge in [-0.1, -0.05) is 77.0 Å². The number of halogens is 1. The molecule has 0 aromatic heterocycles. The second-order valence-corrected chi connectivity index (χ2v) is 8.35. The number of hydrogen-bond acceptors (Lipinski definition) is 2. The normalized spacial score (nSPS) is 19.4. The Balaban J connectivity index is 0. The highest BCUT2D eigenvalue weighted by molar-refractivity contribution is 5.51. The van der Waals surface area contributed by atoms with Crippen molar-refractivity contribution in [3.8, 4) is 0 Å². The maximum absolute atomic E-state index is 14.8. The first kappa shape index (κ1) is 32.7. The van der Waals surface area contributed by atoms with Crippen LogP contribution in [0, 0.1) is 11.3 Å². The summed E-state index contributed by atoms with van der Waals surface area (Å²) in [4.78, 5) is 8.81. The van der Waals surface area contributed by atoms with Crippen LogP contribution < -0.4 is 0 Å². The molecule has 0 saturated heterocycles. The van der Waals surface area contributed by atoms with Crippen molar-refractivity contribution in [1.82, 2.24) is 0 Å². The van der Waals surface area contributed by atoms with Gasteiger partial charge in [-0.2, -0.15) is 0 Å². The lowest BCUT2D eigenvalue weighted by atomic mass is 9.80. The number of rotatable bonds is 11. The van der Waals surface area contributed by atoms with Crippen molar-refractivity contribution in [3.63, 3.8) is 0 Å². The highest BCUT2D eigenvalue weighted by atomic mass is 19.1. The minimum absolute atomic E-state index is 0.198. The minimum Gasteiger partial charge on any atom is -0.385 e. The summed E-state index contributed by atoms with van der Waals surface area (Å²) in [5, 5.41) is 0. The van der Waals surface area contributed by atoms with Crippen molar-refractivity contribution in [2.24, 2.45) is 11.3 Å². The molecule has 0 radical (unpaired) electrons. The van der Waals surface area contributed by atoms with E-state index in [2.05, 4.69) is 65.8 Å². The lowest BCUT2D eigenvalue weighted by Crippen LogP contribution is -2.13. The Kier molecular flexibility index (Phi) is 17.8. The predicted molar refractivity (Wildman–Crippen MR) is 144 cm³/mol. The molecule has 0 saturated carbocycles. The van der Waals surface area contributed by atoms with Crippen molar-refractivity contribution in [2.75, 3.05) is 13.7 Å². The second-order valence-electron chi connectivity index (χ2n) is 8.35. The molecule has 2 nitrogen and oxygen atoms in total. The summed E-state index contributed by atoms with van der Waals surface area (Å²) in [6.45, 7) is 29.8. The van der Waals surface area contributed by atoms with E-state index in [1.54, 1.807) is 13.2 Å². The van der Waals surface area contributed by atoms with E-state index in [-0.39, 0.29) is 11.2 Å². The fourth-order valence-electron chi connectivity index (χ4n) is 3.26. The van der Waals surface area contributed by atoms with Crippen LogP contribution in [0.15, 0.2) is 97.0 Å². The van der Waals surface area contributed by atoms with Gasteiger partial charge >= 0.3 is 0 Å². The molecule has 33 heavy (non-hydrogen) atoms. The Morgan fingerprint density at radius 3 is 2.18 bits per heavy atom. The van der Waals surface area contributed by atoms with Crippen molar-refractivity contribution in [2.45, 2.75) is 60.3 Å². The fraction of sp³-hybridized carbons (Fsp3) is 0.433. The number of methoxy groups -OCH3 is 1. The summed E-state index contributed by atoms with van der Waals surface area (Å²) in [5.74, 6) is 0.104. The van der Waals surface area contributed by atoms with Crippen LogP contribution in [0.5, 0.6) is 0 Å². The molecule has 0 N–H and O–H groups in total. The quantitative estimate of drug-likeness (QED) is 0.134. The summed E-state index contributed by atoms with van der Waals surface area (Å²) >= 11 is 0. The van der Waals surface area contributed by atoms with Crippen molar-refractivity contribution in [1.29, 1.82) is 0 Å². The molecule has 1 rings (SSSR count). The number of carbonyl (C=O) groups excluding carboxylic acids is 1. The van der Waals surface area contributed by atoms with Crippen LogP contribution in [0.1, 0.15) is 60.3 Å². The molecule has 1 aliphatic carbocycles. The van der Waals surface area contributed by atoms with E-state index in [4.69, 9.17) is 9.53 Å². The van der Waals surface area contributed by atoms with Gasteiger partial charge in [-0.05, 0) is 68.2 Å². The standard InChI is InChI=1S/C25H35FO.C3H6.C2H4O/c1-9-19(3)23(11-10-14-27-8)15-20(4)22(6)24(26)16-21(5)25(7)13-12-18(2)17-25;1-3-2;1-2-3/h12-13,15-16,18H,3-6,9-11,14,17H2,1-2,7-8H3;3H,1H2,2H3;2H,1H3/b23-15-,24-16+;;/t18?,25-;;/m0../s1. The number of aldehydes is 1. The van der Waals surface area contributed by atoms with Gasteiger partial charge in [-0.25, -0.2) is 4.39 Å². The molecule has 0 aliphatic heterocycles. The molecule has 0 fully saturated rings. The molecule has 0 aromatic carbocycles. The summed E-state index contributed by atoms with van der Waals surface area (Å²) in [5.41, 5.74) is 3.54. The molecule has 0 spiro atoms. The maximum atomic E-state index is 14.8. The van der Waals surface area contributed by atoms with Crippen LogP contribution in [0.25, 0.3) is 0 Å². The van der Waals surface area contributed by atoms with Crippen molar-refractivity contribution < 1.29 is 13.9 Å². The van der Waals surface area contributed by atoms with Gasteiger partial charge in [0.1, 0.15) is 12.1 Å². The van der Waals surface area contributed by atoms with E-state index in [1.807, 2.05) is 13.0 Å². The number of carbonyl (C=O) groups is 1. The Labute approximate surface area is 202 Å². The van der Waals surface area contributed by atoms with Gasteiger partial charge in [0.05, 0.1) is 0 Å². The van der Waals surface area contributed by atoms with Crippen molar-refractivity contribution in [3.05, 3.63) is 97.0 Å². The van der Waals surface area contributed by atoms with Gasteiger partial charge in [0.15, 0.2) is 0 Å². The van der Waals surface area contributed by atoms with E-state index >= 15 is 0 Å². The van der Waals surface area contributed by atoms with E-state index < -0.39 is 0 Å². The summed E-state index contributed by atoms with van der Waals surface area (Å²) in [6, 6.07) is 0. The fourth-order valence-corrected chi connectivity index (χ4v) is 3.26. The monoisotopic (exact) mass is 456 g/mol. The average Bonchev–Trinajstić information content (AvgIpc) is 3.12. The molecule has 0 aromatic rings. The van der Waals surface area contributed by atoms with Crippen LogP contribution >= 0.6 is 0 Å². The Morgan fingerprint density at radius 2 is 1.76 bits per heavy atom. The lowest BCUT2D eigenvalue weighted by molar-refractivity contribution is -0.106. The molecule has 184 valence electrons. The third-order valence-corrected chi connectivity index (χ3v) is 5.27. The smallest absolute Gasteiger partial charge is 0.130 e. The maximum Gasteiger partial charge on any atom is 0.130 e. The molecule has 1 aliphatic rings. The minimum atomic E-state index is -0.381. The second kappa shape index (κ2) is 18.0. The van der Waals surface area contributed by atoms with E-state index in [1.165, 1.54) is 13.0 Å². The molecule has 3 heteroatoms. The zero-order valence-electron chi connectivity index (χ0n) is 21.8. The van der Waals surface area contributed by atoms with Crippen LogP contribution in [0.4, 0.5) is 4.39 Å². The molecule has 2 atom stereocenters. The molecular weight excluding hydrogens is 411 g/mol. The zero-order chi connectivity index (χ0) is 26.0. The zero-order valence-corrected chi connectivity index (χ0v) is 21.8. The number of ether oxygens (including phenoxy) is 1. The van der Waals surface area contributed by atoms with Crippen LogP contribution in [-0.4, -0.2) is 20.0 Å².